The van der Waals surface area contributed by atoms with Crippen molar-refractivity contribution in [2.45, 2.75) is 78.1 Å². The molecule has 4 aromatic carbocycles. The molecule has 266 valence electrons. The largest absolute Gasteiger partial charge is 0.507 e. The van der Waals surface area contributed by atoms with Gasteiger partial charge in [0.1, 0.15) is 5.75 Å². The van der Waals surface area contributed by atoms with Crippen molar-refractivity contribution in [2.75, 3.05) is 0 Å². The van der Waals surface area contributed by atoms with Crippen molar-refractivity contribution in [1.82, 2.24) is 9.97 Å². The minimum atomic E-state index is -0.113. The zero-order chi connectivity index (χ0) is 35.5. The van der Waals surface area contributed by atoms with E-state index >= 15 is 0 Å². The van der Waals surface area contributed by atoms with Crippen LogP contribution < -0.4 is 4.74 Å². The minimum Gasteiger partial charge on any atom is -0.507 e. The van der Waals surface area contributed by atoms with Gasteiger partial charge >= 0.3 is 0 Å². The van der Waals surface area contributed by atoms with Crippen molar-refractivity contribution in [1.29, 1.82) is 0 Å². The summed E-state index contributed by atoms with van der Waals surface area (Å²) < 4.78 is 6.55. The Labute approximate surface area is 322 Å². The zero-order valence-corrected chi connectivity index (χ0v) is 33.1. The molecule has 6 aromatic rings. The van der Waals surface area contributed by atoms with Gasteiger partial charge in [-0.1, -0.05) is 115 Å². The van der Waals surface area contributed by atoms with Crippen LogP contribution in [0.4, 0.5) is 0 Å². The van der Waals surface area contributed by atoms with Gasteiger partial charge in [0.25, 0.3) is 0 Å². The maximum Gasteiger partial charge on any atom is 0.222 e. The van der Waals surface area contributed by atoms with E-state index in [1.165, 1.54) is 33.4 Å². The van der Waals surface area contributed by atoms with E-state index in [2.05, 4.69) is 102 Å². The fourth-order valence-corrected chi connectivity index (χ4v) is 8.18. The number of hydrogen-bond donors (Lipinski definition) is 1. The van der Waals surface area contributed by atoms with E-state index in [9.17, 15) is 5.11 Å². The van der Waals surface area contributed by atoms with Gasteiger partial charge in [-0.15, -0.1) is 34.9 Å². The number of benzene rings is 4. The van der Waals surface area contributed by atoms with Crippen LogP contribution in [-0.2, 0) is 57.6 Å². The normalized spacial score (nSPS) is 14.5. The van der Waals surface area contributed by atoms with Crippen molar-refractivity contribution < 1.29 is 30.9 Å². The minimum absolute atomic E-state index is 0. The van der Waals surface area contributed by atoms with E-state index in [-0.39, 0.29) is 43.1 Å². The molecule has 0 saturated carbocycles. The molecule has 2 aliphatic rings. The second-order valence-corrected chi connectivity index (χ2v) is 16.7. The number of fused-ring (bicyclic) bond motifs is 2. The maximum absolute atomic E-state index is 10.9. The molecule has 2 heterocycles. The summed E-state index contributed by atoms with van der Waals surface area (Å²) in [6, 6.07) is 40.8. The number of phenols is 1. The van der Waals surface area contributed by atoms with Crippen molar-refractivity contribution >= 4 is 0 Å². The summed E-state index contributed by atoms with van der Waals surface area (Å²) in [6.07, 6.45) is 4.33. The fraction of sp³-hybridized carbons (Fsp3) is 0.277. The number of pyridine rings is 2. The Hall–Kier alpha value is -4.53. The van der Waals surface area contributed by atoms with Gasteiger partial charge in [0.2, 0.25) is 11.8 Å². The van der Waals surface area contributed by atoms with Gasteiger partial charge in [0, 0.05) is 32.7 Å². The number of phenolic OH excluding ortho intramolecular Hbond substituents is 1. The predicted octanol–water partition coefficient (Wildman–Crippen LogP) is 11.3. The molecule has 5 heteroatoms. The summed E-state index contributed by atoms with van der Waals surface area (Å²) >= 11 is 0. The topological polar surface area (TPSA) is 55.2 Å². The molecule has 0 atom stereocenters. The Balaban J connectivity index is 0.00000420. The van der Waals surface area contributed by atoms with E-state index in [1.807, 2.05) is 48.5 Å². The van der Waals surface area contributed by atoms with Crippen molar-refractivity contribution in [3.05, 3.63) is 149 Å². The Morgan fingerprint density at radius 2 is 1.33 bits per heavy atom. The molecular weight excluding hydrogens is 820 g/mol. The first-order valence-electron chi connectivity index (χ1n) is 18.1. The Bertz CT molecular complexity index is 2270. The van der Waals surface area contributed by atoms with Crippen LogP contribution in [0.15, 0.2) is 109 Å². The fourth-order valence-electron chi connectivity index (χ4n) is 8.18. The Kier molecular flexibility index (Phi) is 9.28. The molecule has 52 heavy (non-hydrogen) atoms. The molecule has 0 bridgehead atoms. The first kappa shape index (κ1) is 35.9. The van der Waals surface area contributed by atoms with E-state index in [0.29, 0.717) is 23.0 Å². The Morgan fingerprint density at radius 3 is 2.04 bits per heavy atom. The van der Waals surface area contributed by atoms with E-state index in [0.717, 1.165) is 48.1 Å². The van der Waals surface area contributed by atoms with Crippen LogP contribution >= 0.6 is 0 Å². The standard InChI is InChI=1S/C47H45N2O2.Pt/c1-45(2,3)34-21-22-35(39(25-34)46(4,5)6)33-23-41(37-16-9-10-19-42(37)50)49-44(24-33)51-43-20-12-18-40(48-43)36-17-11-15-32-28-47(29-38(32)36)26-30-13-7-8-14-31(30)27-47;/h7-16,18-25,50H,26-29H2,1-6H3;/q-1;. The number of nitrogens with zero attached hydrogens (tertiary/aromatic N) is 2. The first-order valence-corrected chi connectivity index (χ1v) is 18.1. The number of aromatic nitrogens is 2. The molecule has 8 rings (SSSR count). The average Bonchev–Trinajstić information content (AvgIpc) is 3.65. The van der Waals surface area contributed by atoms with E-state index < -0.39 is 0 Å². The van der Waals surface area contributed by atoms with Gasteiger partial charge in [0.15, 0.2) is 0 Å². The molecule has 0 radical (unpaired) electrons. The van der Waals surface area contributed by atoms with Gasteiger partial charge in [-0.05, 0) is 98.8 Å². The summed E-state index contributed by atoms with van der Waals surface area (Å²) in [7, 11) is 0. The first-order chi connectivity index (χ1) is 24.4. The quantitative estimate of drug-likeness (QED) is 0.175. The third-order valence-electron chi connectivity index (χ3n) is 10.7. The van der Waals surface area contributed by atoms with E-state index in [1.54, 1.807) is 6.07 Å². The van der Waals surface area contributed by atoms with Gasteiger partial charge in [-0.2, -0.15) is 0 Å². The SMILES string of the molecule is CC(C)(C)c1ccc(-c2cc(Oc3cccc(-c4[c-]ccc5c4CC4(Cc6ccccc6C4)C5)n3)nc(-c3ccccc3O)c2)c(C(C)(C)C)c1.[Pt]. The summed E-state index contributed by atoms with van der Waals surface area (Å²) in [5.41, 5.74) is 13.6. The van der Waals surface area contributed by atoms with Gasteiger partial charge in [0.05, 0.1) is 5.69 Å². The predicted molar refractivity (Wildman–Crippen MR) is 206 cm³/mol. The molecule has 0 unspecified atom stereocenters. The van der Waals surface area contributed by atoms with Crippen LogP contribution in [0.1, 0.15) is 74.9 Å². The van der Waals surface area contributed by atoms with Crippen LogP contribution in [0.2, 0.25) is 0 Å². The third-order valence-corrected chi connectivity index (χ3v) is 10.7. The van der Waals surface area contributed by atoms with Gasteiger partial charge in [-0.25, -0.2) is 4.98 Å². The smallest absolute Gasteiger partial charge is 0.222 e. The van der Waals surface area contributed by atoms with Crippen LogP contribution in [-0.4, -0.2) is 15.1 Å². The number of rotatable bonds is 5. The second-order valence-electron chi connectivity index (χ2n) is 16.7. The number of ether oxygens (including phenoxy) is 1. The molecule has 2 aromatic heterocycles. The molecule has 0 saturated heterocycles. The van der Waals surface area contributed by atoms with E-state index in [4.69, 9.17) is 14.7 Å². The maximum atomic E-state index is 10.9. The second kappa shape index (κ2) is 13.5. The third kappa shape index (κ3) is 6.86. The van der Waals surface area contributed by atoms with Crippen molar-refractivity contribution in [3.8, 4) is 51.2 Å². The average molecular weight is 865 g/mol. The molecule has 1 spiro atoms. The molecule has 0 amide bonds. The van der Waals surface area contributed by atoms with Crippen LogP contribution in [0.5, 0.6) is 17.5 Å². The number of aromatic hydroxyl groups is 1. The summed E-state index contributed by atoms with van der Waals surface area (Å²) in [4.78, 5) is 9.98. The van der Waals surface area contributed by atoms with Crippen molar-refractivity contribution in [2.24, 2.45) is 5.41 Å². The monoisotopic (exact) mass is 864 g/mol. The summed E-state index contributed by atoms with van der Waals surface area (Å²) in [5.74, 6) is 1.05. The van der Waals surface area contributed by atoms with Crippen LogP contribution in [0.25, 0.3) is 33.6 Å². The molecule has 0 fully saturated rings. The summed E-state index contributed by atoms with van der Waals surface area (Å²) in [6.45, 7) is 13.5. The van der Waals surface area contributed by atoms with Crippen LogP contribution in [0, 0.1) is 11.5 Å². The molecule has 4 nitrogen and oxygen atoms in total. The number of para-hydroxylation sites is 1. The van der Waals surface area contributed by atoms with Gasteiger partial charge < -0.3 is 9.84 Å². The zero-order valence-electron chi connectivity index (χ0n) is 30.8. The molecule has 2 aliphatic carbocycles. The van der Waals surface area contributed by atoms with Crippen LogP contribution in [0.3, 0.4) is 0 Å². The van der Waals surface area contributed by atoms with Crippen molar-refractivity contribution in [3.63, 3.8) is 0 Å². The summed E-state index contributed by atoms with van der Waals surface area (Å²) in [5, 5.41) is 10.9. The van der Waals surface area contributed by atoms with Gasteiger partial charge in [-0.3, -0.25) is 4.98 Å². The number of hydrogen-bond acceptors (Lipinski definition) is 4. The molecule has 0 aliphatic heterocycles. The molecular formula is C47H45N2O2Pt-. The Morgan fingerprint density at radius 1 is 0.635 bits per heavy atom. The molecule has 1 N–H and O–H groups in total.